The second kappa shape index (κ2) is 6.73. The molecule has 11 heteroatoms. The molecule has 1 aromatic heterocycles. The number of aromatic nitrogens is 2. The Balaban J connectivity index is 2.09. The first kappa shape index (κ1) is 18.7. The summed E-state index contributed by atoms with van der Waals surface area (Å²) in [5.41, 5.74) is -2.36. The van der Waals surface area contributed by atoms with Gasteiger partial charge >= 0.3 is 6.18 Å². The number of nitrogens with one attached hydrogen (secondary N) is 1. The molecular weight excluding hydrogens is 359 g/mol. The zero-order chi connectivity index (χ0) is 18.9. The van der Waals surface area contributed by atoms with Gasteiger partial charge in [-0.05, 0) is 13.0 Å². The van der Waals surface area contributed by atoms with Gasteiger partial charge in [0.2, 0.25) is 5.91 Å². The third kappa shape index (κ3) is 4.09. The molecule has 0 aliphatic heterocycles. The predicted molar refractivity (Wildman–Crippen MR) is 71.5 cm³/mol. The topological polar surface area (TPSA) is 46.9 Å². The van der Waals surface area contributed by atoms with Gasteiger partial charge in [0.15, 0.2) is 29.0 Å². The van der Waals surface area contributed by atoms with E-state index in [0.717, 1.165) is 10.7 Å². The standard InChI is InChI=1S/C14H10F7N3O/c1-6-4-9(14(19,20)21)23-24(6)3-2-10(25)22-13-11(17)7(15)5-8(16)12(13)18/h4-5H,2-3H2,1H3,(H,22,25). The van der Waals surface area contributed by atoms with Crippen LogP contribution < -0.4 is 5.32 Å². The van der Waals surface area contributed by atoms with Gasteiger partial charge in [-0.1, -0.05) is 0 Å². The number of carbonyl (C=O) groups is 1. The van der Waals surface area contributed by atoms with E-state index < -0.39 is 53.2 Å². The predicted octanol–water partition coefficient (Wildman–Crippen LogP) is 3.80. The normalized spacial score (nSPS) is 11.7. The molecule has 2 aromatic rings. The van der Waals surface area contributed by atoms with Crippen LogP contribution in [0, 0.1) is 30.2 Å². The van der Waals surface area contributed by atoms with E-state index in [1.807, 2.05) is 0 Å². The average Bonchev–Trinajstić information content (AvgIpc) is 2.89. The van der Waals surface area contributed by atoms with Gasteiger partial charge in [0.05, 0.1) is 0 Å². The number of halogens is 7. The minimum Gasteiger partial charge on any atom is -0.321 e. The molecule has 0 spiro atoms. The van der Waals surface area contributed by atoms with Gasteiger partial charge in [-0.25, -0.2) is 17.6 Å². The zero-order valence-corrected chi connectivity index (χ0v) is 12.5. The van der Waals surface area contributed by atoms with Crippen LogP contribution in [0.4, 0.5) is 36.4 Å². The van der Waals surface area contributed by atoms with Crippen LogP contribution in [-0.2, 0) is 17.5 Å². The third-order valence-corrected chi connectivity index (χ3v) is 3.20. The quantitative estimate of drug-likeness (QED) is 0.658. The smallest absolute Gasteiger partial charge is 0.321 e. The molecule has 4 nitrogen and oxygen atoms in total. The molecule has 0 saturated carbocycles. The molecule has 25 heavy (non-hydrogen) atoms. The molecule has 1 N–H and O–H groups in total. The number of benzene rings is 1. The molecule has 0 atom stereocenters. The lowest BCUT2D eigenvalue weighted by atomic mass is 10.2. The molecule has 0 aliphatic rings. The Bertz CT molecular complexity index is 787. The fourth-order valence-electron chi connectivity index (χ4n) is 1.97. The van der Waals surface area contributed by atoms with E-state index in [9.17, 15) is 35.5 Å². The molecule has 1 amide bonds. The lowest BCUT2D eigenvalue weighted by Crippen LogP contribution is -2.18. The summed E-state index contributed by atoms with van der Waals surface area (Å²) < 4.78 is 91.4. The summed E-state index contributed by atoms with van der Waals surface area (Å²) in [5.74, 6) is -8.05. The molecule has 0 fully saturated rings. The maximum Gasteiger partial charge on any atom is 0.435 e. The molecule has 0 bridgehead atoms. The fraction of sp³-hybridized carbons (Fsp3) is 0.286. The van der Waals surface area contributed by atoms with Crippen molar-refractivity contribution in [3.63, 3.8) is 0 Å². The van der Waals surface area contributed by atoms with Gasteiger partial charge in [0.1, 0.15) is 5.69 Å². The zero-order valence-electron chi connectivity index (χ0n) is 12.5. The van der Waals surface area contributed by atoms with Crippen molar-refractivity contribution in [2.24, 2.45) is 0 Å². The van der Waals surface area contributed by atoms with Gasteiger partial charge in [-0.3, -0.25) is 9.48 Å². The van der Waals surface area contributed by atoms with Crippen molar-refractivity contribution in [2.75, 3.05) is 5.32 Å². The molecule has 0 radical (unpaired) electrons. The average molecular weight is 369 g/mol. The molecule has 136 valence electrons. The first-order valence-electron chi connectivity index (χ1n) is 6.75. The van der Waals surface area contributed by atoms with E-state index in [0.29, 0.717) is 0 Å². The number of nitrogens with zero attached hydrogens (tertiary/aromatic N) is 2. The second-order valence-corrected chi connectivity index (χ2v) is 5.03. The molecule has 2 rings (SSSR count). The number of carbonyl (C=O) groups excluding carboxylic acids is 1. The van der Waals surface area contributed by atoms with E-state index in [2.05, 4.69) is 5.10 Å². The van der Waals surface area contributed by atoms with Gasteiger partial charge < -0.3 is 5.32 Å². The summed E-state index contributed by atoms with van der Waals surface area (Å²) in [6.45, 7) is 0.982. The SMILES string of the molecule is Cc1cc(C(F)(F)F)nn1CCC(=O)Nc1c(F)c(F)cc(F)c1F. The van der Waals surface area contributed by atoms with Crippen LogP contribution in [0.3, 0.4) is 0 Å². The highest BCUT2D eigenvalue weighted by atomic mass is 19.4. The Kier molecular flexibility index (Phi) is 5.04. The maximum absolute atomic E-state index is 13.4. The minimum atomic E-state index is -4.66. The van der Waals surface area contributed by atoms with Crippen molar-refractivity contribution >= 4 is 11.6 Å². The van der Waals surface area contributed by atoms with Crippen molar-refractivity contribution in [1.82, 2.24) is 9.78 Å². The highest BCUT2D eigenvalue weighted by Crippen LogP contribution is 2.28. The monoisotopic (exact) mass is 369 g/mol. The van der Waals surface area contributed by atoms with Crippen molar-refractivity contribution < 1.29 is 35.5 Å². The molecule has 1 heterocycles. The summed E-state index contributed by atoms with van der Waals surface area (Å²) in [4.78, 5) is 11.7. The van der Waals surface area contributed by atoms with Gasteiger partial charge in [0.25, 0.3) is 0 Å². The Morgan fingerprint density at radius 3 is 2.16 bits per heavy atom. The molecule has 1 aromatic carbocycles. The van der Waals surface area contributed by atoms with E-state index in [1.54, 1.807) is 5.32 Å². The largest absolute Gasteiger partial charge is 0.435 e. The summed E-state index contributed by atoms with van der Waals surface area (Å²) in [6, 6.07) is 0.741. The number of amides is 1. The van der Waals surface area contributed by atoms with Crippen LogP contribution in [-0.4, -0.2) is 15.7 Å². The van der Waals surface area contributed by atoms with Crippen LogP contribution in [0.25, 0.3) is 0 Å². The number of hydrogen-bond acceptors (Lipinski definition) is 2. The first-order valence-corrected chi connectivity index (χ1v) is 6.75. The second-order valence-electron chi connectivity index (χ2n) is 5.03. The van der Waals surface area contributed by atoms with Gasteiger partial charge in [0, 0.05) is 24.7 Å². The Morgan fingerprint density at radius 1 is 1.12 bits per heavy atom. The van der Waals surface area contributed by atoms with Crippen LogP contribution >= 0.6 is 0 Å². The van der Waals surface area contributed by atoms with E-state index >= 15 is 0 Å². The maximum atomic E-state index is 13.4. The summed E-state index contributed by atoms with van der Waals surface area (Å²) in [5, 5.41) is 4.92. The van der Waals surface area contributed by atoms with Crippen molar-refractivity contribution in [3.05, 3.63) is 46.8 Å². The van der Waals surface area contributed by atoms with E-state index in [-0.39, 0.29) is 18.3 Å². The highest BCUT2D eigenvalue weighted by Gasteiger charge is 2.34. The molecule has 0 unspecified atom stereocenters. The lowest BCUT2D eigenvalue weighted by molar-refractivity contribution is -0.141. The van der Waals surface area contributed by atoms with Gasteiger partial charge in [-0.15, -0.1) is 0 Å². The Labute approximate surface area is 136 Å². The van der Waals surface area contributed by atoms with Crippen molar-refractivity contribution in [2.45, 2.75) is 26.1 Å². The van der Waals surface area contributed by atoms with E-state index in [4.69, 9.17) is 0 Å². The minimum absolute atomic E-state index is 0.0217. The highest BCUT2D eigenvalue weighted by molar-refractivity contribution is 5.90. The Morgan fingerprint density at radius 2 is 1.68 bits per heavy atom. The van der Waals surface area contributed by atoms with Crippen LogP contribution in [0.5, 0.6) is 0 Å². The number of alkyl halides is 3. The first-order chi connectivity index (χ1) is 11.5. The molecule has 0 aliphatic carbocycles. The van der Waals surface area contributed by atoms with Crippen LogP contribution in [0.15, 0.2) is 12.1 Å². The van der Waals surface area contributed by atoms with Crippen LogP contribution in [0.1, 0.15) is 17.8 Å². The van der Waals surface area contributed by atoms with Crippen molar-refractivity contribution in [1.29, 1.82) is 0 Å². The number of aryl methyl sites for hydroxylation is 2. The molecule has 0 saturated heterocycles. The van der Waals surface area contributed by atoms with Gasteiger partial charge in [-0.2, -0.15) is 18.3 Å². The summed E-state index contributed by atoms with van der Waals surface area (Å²) >= 11 is 0. The number of rotatable bonds is 4. The number of anilines is 1. The number of hydrogen-bond donors (Lipinski definition) is 1. The van der Waals surface area contributed by atoms with Crippen LogP contribution in [0.2, 0.25) is 0 Å². The lowest BCUT2D eigenvalue weighted by Gasteiger charge is -2.09. The third-order valence-electron chi connectivity index (χ3n) is 3.20. The fourth-order valence-corrected chi connectivity index (χ4v) is 1.97. The van der Waals surface area contributed by atoms with Crippen molar-refractivity contribution in [3.8, 4) is 0 Å². The summed E-state index contributed by atoms with van der Waals surface area (Å²) in [7, 11) is 0. The summed E-state index contributed by atoms with van der Waals surface area (Å²) in [6.07, 6.45) is -5.19. The van der Waals surface area contributed by atoms with E-state index in [1.165, 1.54) is 6.92 Å². The molecular formula is C14H10F7N3O. The Hall–Kier alpha value is -2.59.